The quantitative estimate of drug-likeness (QED) is 0.673. The number of amides is 1. The normalized spacial score (nSPS) is 13.0. The molecule has 1 aromatic heterocycles. The molecular formula is C18H16F3N3O. The number of halogens is 3. The van der Waals surface area contributed by atoms with Gasteiger partial charge in [-0.3, -0.25) is 4.79 Å². The van der Waals surface area contributed by atoms with Crippen molar-refractivity contribution in [1.29, 1.82) is 0 Å². The first-order valence-electron chi connectivity index (χ1n) is 7.63. The first kappa shape index (κ1) is 17.0. The zero-order chi connectivity index (χ0) is 18.0. The topological polar surface area (TPSA) is 70.9 Å². The molecule has 2 aromatic carbocycles. The van der Waals surface area contributed by atoms with Crippen LogP contribution >= 0.6 is 0 Å². The van der Waals surface area contributed by atoms with E-state index in [0.717, 1.165) is 28.6 Å². The second-order valence-corrected chi connectivity index (χ2v) is 5.73. The van der Waals surface area contributed by atoms with Crippen molar-refractivity contribution in [3.8, 4) is 0 Å². The van der Waals surface area contributed by atoms with Crippen LogP contribution in [0.3, 0.4) is 0 Å². The largest absolute Gasteiger partial charge is 0.416 e. The van der Waals surface area contributed by atoms with Crippen LogP contribution in [0.2, 0.25) is 0 Å². The number of H-pyrrole nitrogens is 1. The monoisotopic (exact) mass is 347 g/mol. The van der Waals surface area contributed by atoms with Crippen LogP contribution in [0.4, 0.5) is 18.9 Å². The maximum absolute atomic E-state index is 12.5. The van der Waals surface area contributed by atoms with E-state index in [1.165, 1.54) is 12.1 Å². The fourth-order valence-electron chi connectivity index (χ4n) is 2.61. The Morgan fingerprint density at radius 3 is 2.48 bits per heavy atom. The van der Waals surface area contributed by atoms with E-state index in [4.69, 9.17) is 5.73 Å². The van der Waals surface area contributed by atoms with E-state index in [-0.39, 0.29) is 5.69 Å². The molecule has 0 aliphatic heterocycles. The second-order valence-electron chi connectivity index (χ2n) is 5.73. The third kappa shape index (κ3) is 3.83. The molecule has 1 atom stereocenters. The Bertz CT molecular complexity index is 884. The van der Waals surface area contributed by atoms with Gasteiger partial charge in [-0.15, -0.1) is 0 Å². The maximum Gasteiger partial charge on any atom is 0.416 e. The van der Waals surface area contributed by atoms with E-state index in [1.54, 1.807) is 6.20 Å². The standard InChI is InChI=1S/C18H16F3N3O/c19-18(20,21)12-5-7-13(8-6-12)24-17(25)15(22)9-11-10-23-16-4-2-1-3-14(11)16/h1-8,10,15,23H,9,22H2,(H,24,25)/t15-/m0/s1. The first-order chi connectivity index (χ1) is 11.8. The van der Waals surface area contributed by atoms with Gasteiger partial charge in [0.2, 0.25) is 5.91 Å². The van der Waals surface area contributed by atoms with E-state index in [0.29, 0.717) is 6.42 Å². The third-order valence-electron chi connectivity index (χ3n) is 3.93. The molecular weight excluding hydrogens is 331 g/mol. The molecule has 130 valence electrons. The molecule has 1 amide bonds. The smallest absolute Gasteiger partial charge is 0.361 e. The predicted molar refractivity (Wildman–Crippen MR) is 90.1 cm³/mol. The average molecular weight is 347 g/mol. The van der Waals surface area contributed by atoms with Crippen LogP contribution in [0.5, 0.6) is 0 Å². The lowest BCUT2D eigenvalue weighted by molar-refractivity contribution is -0.137. The van der Waals surface area contributed by atoms with Crippen molar-refractivity contribution in [3.63, 3.8) is 0 Å². The number of nitrogens with one attached hydrogen (secondary N) is 2. The summed E-state index contributed by atoms with van der Waals surface area (Å²) in [4.78, 5) is 15.3. The Balaban J connectivity index is 1.66. The van der Waals surface area contributed by atoms with Crippen molar-refractivity contribution in [2.75, 3.05) is 5.32 Å². The van der Waals surface area contributed by atoms with Crippen molar-refractivity contribution in [3.05, 3.63) is 65.9 Å². The number of aromatic amines is 1. The molecule has 25 heavy (non-hydrogen) atoms. The summed E-state index contributed by atoms with van der Waals surface area (Å²) in [6.07, 6.45) is -2.29. The fraction of sp³-hybridized carbons (Fsp3) is 0.167. The summed E-state index contributed by atoms with van der Waals surface area (Å²) < 4.78 is 37.6. The van der Waals surface area contributed by atoms with E-state index < -0.39 is 23.7 Å². The second kappa shape index (κ2) is 6.60. The van der Waals surface area contributed by atoms with Gasteiger partial charge in [-0.05, 0) is 42.3 Å². The lowest BCUT2D eigenvalue weighted by Crippen LogP contribution is -2.37. The van der Waals surface area contributed by atoms with Gasteiger partial charge < -0.3 is 16.0 Å². The van der Waals surface area contributed by atoms with Gasteiger partial charge in [0.25, 0.3) is 0 Å². The Morgan fingerprint density at radius 1 is 1.12 bits per heavy atom. The van der Waals surface area contributed by atoms with Crippen LogP contribution < -0.4 is 11.1 Å². The number of carbonyl (C=O) groups excluding carboxylic acids is 1. The van der Waals surface area contributed by atoms with Gasteiger partial charge in [0.1, 0.15) is 0 Å². The summed E-state index contributed by atoms with van der Waals surface area (Å²) in [5.74, 6) is -0.454. The molecule has 0 saturated heterocycles. The number of carbonyl (C=O) groups is 1. The number of nitrogens with two attached hydrogens (primary N) is 1. The minimum Gasteiger partial charge on any atom is -0.361 e. The third-order valence-corrected chi connectivity index (χ3v) is 3.93. The lowest BCUT2D eigenvalue weighted by atomic mass is 10.0. The molecule has 0 fully saturated rings. The van der Waals surface area contributed by atoms with Crippen molar-refractivity contribution < 1.29 is 18.0 Å². The minimum atomic E-state index is -4.41. The summed E-state index contributed by atoms with van der Waals surface area (Å²) in [6.45, 7) is 0. The molecule has 4 nitrogen and oxygen atoms in total. The molecule has 3 aromatic rings. The van der Waals surface area contributed by atoms with Gasteiger partial charge in [0.05, 0.1) is 11.6 Å². The average Bonchev–Trinajstić information content (AvgIpc) is 2.97. The molecule has 0 bridgehead atoms. The Morgan fingerprint density at radius 2 is 1.80 bits per heavy atom. The van der Waals surface area contributed by atoms with E-state index in [9.17, 15) is 18.0 Å². The van der Waals surface area contributed by atoms with Crippen LogP contribution in [0.1, 0.15) is 11.1 Å². The van der Waals surface area contributed by atoms with E-state index in [2.05, 4.69) is 10.3 Å². The number of alkyl halides is 3. The Hall–Kier alpha value is -2.80. The molecule has 1 heterocycles. The summed E-state index contributed by atoms with van der Waals surface area (Å²) in [5.41, 5.74) is 7.30. The molecule has 4 N–H and O–H groups in total. The summed E-state index contributed by atoms with van der Waals surface area (Å²) in [6, 6.07) is 11.1. The molecule has 0 unspecified atom stereocenters. The number of benzene rings is 2. The highest BCUT2D eigenvalue weighted by molar-refractivity contribution is 5.95. The molecule has 0 spiro atoms. The molecule has 0 aliphatic rings. The highest BCUT2D eigenvalue weighted by Gasteiger charge is 2.30. The fourth-order valence-corrected chi connectivity index (χ4v) is 2.61. The van der Waals surface area contributed by atoms with Gasteiger partial charge in [0.15, 0.2) is 0 Å². The van der Waals surface area contributed by atoms with Crippen molar-refractivity contribution in [1.82, 2.24) is 4.98 Å². The number of aromatic nitrogens is 1. The molecule has 0 radical (unpaired) electrons. The zero-order valence-electron chi connectivity index (χ0n) is 13.1. The van der Waals surface area contributed by atoms with Gasteiger partial charge in [-0.2, -0.15) is 13.2 Å². The van der Waals surface area contributed by atoms with Gasteiger partial charge >= 0.3 is 6.18 Å². The first-order valence-corrected chi connectivity index (χ1v) is 7.63. The summed E-state index contributed by atoms with van der Waals surface area (Å²) in [5, 5.41) is 3.53. The number of hydrogen-bond donors (Lipinski definition) is 3. The van der Waals surface area contributed by atoms with Crippen LogP contribution in [-0.2, 0) is 17.4 Å². The van der Waals surface area contributed by atoms with E-state index in [1.807, 2.05) is 24.3 Å². The number of hydrogen-bond acceptors (Lipinski definition) is 2. The zero-order valence-corrected chi connectivity index (χ0v) is 13.1. The highest BCUT2D eigenvalue weighted by atomic mass is 19.4. The highest BCUT2D eigenvalue weighted by Crippen LogP contribution is 2.29. The molecule has 0 aliphatic carbocycles. The van der Waals surface area contributed by atoms with Crippen molar-refractivity contribution >= 4 is 22.5 Å². The van der Waals surface area contributed by atoms with Crippen molar-refractivity contribution in [2.24, 2.45) is 5.73 Å². The maximum atomic E-state index is 12.5. The van der Waals surface area contributed by atoms with Gasteiger partial charge in [0, 0.05) is 22.8 Å². The SMILES string of the molecule is N[C@@H](Cc1c[nH]c2ccccc12)C(=O)Nc1ccc(C(F)(F)F)cc1. The lowest BCUT2D eigenvalue weighted by Gasteiger charge is -2.13. The predicted octanol–water partition coefficient (Wildman–Crippen LogP) is 3.70. The van der Waals surface area contributed by atoms with Crippen LogP contribution in [0.25, 0.3) is 10.9 Å². The summed E-state index contributed by atoms with van der Waals surface area (Å²) in [7, 11) is 0. The molecule has 7 heteroatoms. The molecule has 3 rings (SSSR count). The van der Waals surface area contributed by atoms with E-state index >= 15 is 0 Å². The van der Waals surface area contributed by atoms with Crippen LogP contribution in [-0.4, -0.2) is 16.9 Å². The number of fused-ring (bicyclic) bond motifs is 1. The van der Waals surface area contributed by atoms with Gasteiger partial charge in [-0.1, -0.05) is 18.2 Å². The van der Waals surface area contributed by atoms with Crippen molar-refractivity contribution in [2.45, 2.75) is 18.6 Å². The summed E-state index contributed by atoms with van der Waals surface area (Å²) >= 11 is 0. The number of anilines is 1. The Labute approximate surface area is 141 Å². The number of para-hydroxylation sites is 1. The Kier molecular flexibility index (Phi) is 4.50. The van der Waals surface area contributed by atoms with Gasteiger partial charge in [-0.25, -0.2) is 0 Å². The number of rotatable bonds is 4. The molecule has 0 saturated carbocycles. The van der Waals surface area contributed by atoms with Crippen LogP contribution in [0.15, 0.2) is 54.7 Å². The van der Waals surface area contributed by atoms with Crippen LogP contribution in [0, 0.1) is 0 Å². The minimum absolute atomic E-state index is 0.271.